The molecule has 6 nitrogen and oxygen atoms in total. The van der Waals surface area contributed by atoms with E-state index >= 15 is 0 Å². The second-order valence-corrected chi connectivity index (χ2v) is 9.86. The summed E-state index contributed by atoms with van der Waals surface area (Å²) in [6, 6.07) is 8.08. The third-order valence-electron chi connectivity index (χ3n) is 4.27. The Balaban J connectivity index is 0.00000364. The SMILES string of the molecule is CCNC(=NCCOc1ccc(C(C)(C)C)cc1)NC1CCS(=O)(=O)C1.I. The topological polar surface area (TPSA) is 79.8 Å². The molecule has 1 aliphatic heterocycles. The minimum Gasteiger partial charge on any atom is -0.492 e. The minimum absolute atomic E-state index is 0. The number of ether oxygens (including phenoxy) is 1. The van der Waals surface area contributed by atoms with E-state index in [4.69, 9.17) is 4.74 Å². The maximum Gasteiger partial charge on any atom is 0.191 e. The van der Waals surface area contributed by atoms with Crippen molar-refractivity contribution in [3.05, 3.63) is 29.8 Å². The molecule has 1 atom stereocenters. The van der Waals surface area contributed by atoms with Crippen LogP contribution in [0.3, 0.4) is 0 Å². The molecule has 2 rings (SSSR count). The molecule has 0 radical (unpaired) electrons. The molecule has 0 bridgehead atoms. The summed E-state index contributed by atoms with van der Waals surface area (Å²) in [6.07, 6.45) is 0.628. The molecule has 0 aliphatic carbocycles. The smallest absolute Gasteiger partial charge is 0.191 e. The van der Waals surface area contributed by atoms with Gasteiger partial charge in [-0.25, -0.2) is 13.4 Å². The second kappa shape index (κ2) is 10.5. The molecule has 27 heavy (non-hydrogen) atoms. The number of halogens is 1. The highest BCUT2D eigenvalue weighted by Crippen LogP contribution is 2.24. The molecular weight excluding hydrogens is 477 g/mol. The molecule has 0 spiro atoms. The molecule has 154 valence electrons. The van der Waals surface area contributed by atoms with Gasteiger partial charge in [-0.15, -0.1) is 24.0 Å². The van der Waals surface area contributed by atoms with Crippen LogP contribution in [0.1, 0.15) is 39.7 Å². The number of hydrogen-bond acceptors (Lipinski definition) is 4. The predicted octanol–water partition coefficient (Wildman–Crippen LogP) is 2.72. The highest BCUT2D eigenvalue weighted by Gasteiger charge is 2.28. The van der Waals surface area contributed by atoms with Crippen LogP contribution >= 0.6 is 24.0 Å². The van der Waals surface area contributed by atoms with Gasteiger partial charge < -0.3 is 15.4 Å². The number of nitrogens with zero attached hydrogens (tertiary/aromatic N) is 1. The van der Waals surface area contributed by atoms with E-state index in [-0.39, 0.29) is 46.9 Å². The summed E-state index contributed by atoms with van der Waals surface area (Å²) in [6.45, 7) is 10.2. The van der Waals surface area contributed by atoms with Crippen LogP contribution < -0.4 is 15.4 Å². The van der Waals surface area contributed by atoms with Gasteiger partial charge in [0.05, 0.1) is 18.1 Å². The number of nitrogens with one attached hydrogen (secondary N) is 2. The van der Waals surface area contributed by atoms with Crippen molar-refractivity contribution in [3.63, 3.8) is 0 Å². The standard InChI is InChI=1S/C19H31N3O3S.HI/c1-5-20-18(22-16-10-13-26(23,24)14-16)21-11-12-25-17-8-6-15(7-9-17)19(2,3)4;/h6-9,16H,5,10-14H2,1-4H3,(H2,20,21,22);1H. The number of guanidine groups is 1. The maximum atomic E-state index is 11.6. The molecule has 1 aliphatic rings. The first-order valence-electron chi connectivity index (χ1n) is 9.18. The van der Waals surface area contributed by atoms with Gasteiger partial charge in [-0.1, -0.05) is 32.9 Å². The fourth-order valence-corrected chi connectivity index (χ4v) is 4.47. The maximum absolute atomic E-state index is 11.6. The van der Waals surface area contributed by atoms with Gasteiger partial charge >= 0.3 is 0 Å². The van der Waals surface area contributed by atoms with E-state index in [0.717, 1.165) is 12.3 Å². The molecular formula is C19H32IN3O3S. The first-order valence-corrected chi connectivity index (χ1v) is 11.0. The van der Waals surface area contributed by atoms with E-state index in [9.17, 15) is 8.42 Å². The second-order valence-electron chi connectivity index (χ2n) is 7.63. The lowest BCUT2D eigenvalue weighted by Gasteiger charge is -2.19. The molecule has 1 heterocycles. The van der Waals surface area contributed by atoms with Crippen molar-refractivity contribution in [2.75, 3.05) is 31.2 Å². The van der Waals surface area contributed by atoms with Crippen LogP contribution in [0.2, 0.25) is 0 Å². The number of hydrogen-bond donors (Lipinski definition) is 2. The van der Waals surface area contributed by atoms with Crippen molar-refractivity contribution in [2.45, 2.75) is 45.6 Å². The lowest BCUT2D eigenvalue weighted by atomic mass is 9.87. The first kappa shape index (κ1) is 24.0. The van der Waals surface area contributed by atoms with Gasteiger partial charge in [0.15, 0.2) is 15.8 Å². The Morgan fingerprint density at radius 3 is 2.44 bits per heavy atom. The summed E-state index contributed by atoms with van der Waals surface area (Å²) in [4.78, 5) is 4.47. The Labute approximate surface area is 180 Å². The third-order valence-corrected chi connectivity index (χ3v) is 6.04. The summed E-state index contributed by atoms with van der Waals surface area (Å²) < 4.78 is 28.9. The monoisotopic (exact) mass is 509 g/mol. The molecule has 1 fully saturated rings. The van der Waals surface area contributed by atoms with E-state index in [1.807, 2.05) is 19.1 Å². The van der Waals surface area contributed by atoms with Crippen LogP contribution in [0.4, 0.5) is 0 Å². The van der Waals surface area contributed by atoms with Crippen LogP contribution in [-0.2, 0) is 15.3 Å². The fourth-order valence-electron chi connectivity index (χ4n) is 2.79. The average molecular weight is 509 g/mol. The van der Waals surface area contributed by atoms with Crippen molar-refractivity contribution in [3.8, 4) is 5.75 Å². The summed E-state index contributed by atoms with van der Waals surface area (Å²) in [5.74, 6) is 1.89. The van der Waals surface area contributed by atoms with Crippen LogP contribution in [0.15, 0.2) is 29.3 Å². The Kier molecular flexibility index (Phi) is 9.33. The molecule has 1 saturated heterocycles. The van der Waals surface area contributed by atoms with Crippen molar-refractivity contribution in [2.24, 2.45) is 4.99 Å². The minimum atomic E-state index is -2.90. The zero-order chi connectivity index (χ0) is 19.2. The average Bonchev–Trinajstić information content (AvgIpc) is 2.90. The molecule has 1 aromatic rings. The highest BCUT2D eigenvalue weighted by atomic mass is 127. The molecule has 0 aromatic heterocycles. The Bertz CT molecular complexity index is 713. The molecule has 0 amide bonds. The summed E-state index contributed by atoms with van der Waals surface area (Å²) >= 11 is 0. The molecule has 2 N–H and O–H groups in total. The normalized spacial score (nSPS) is 19.3. The van der Waals surface area contributed by atoms with Gasteiger partial charge in [-0.05, 0) is 36.5 Å². The van der Waals surface area contributed by atoms with Gasteiger partial charge in [-0.2, -0.15) is 0 Å². The summed E-state index contributed by atoms with van der Waals surface area (Å²) in [7, 11) is -2.90. The predicted molar refractivity (Wildman–Crippen MR) is 122 cm³/mol. The number of sulfone groups is 1. The van der Waals surface area contributed by atoms with Crippen molar-refractivity contribution in [1.29, 1.82) is 0 Å². The fraction of sp³-hybridized carbons (Fsp3) is 0.632. The van der Waals surface area contributed by atoms with Crippen molar-refractivity contribution in [1.82, 2.24) is 10.6 Å². The highest BCUT2D eigenvalue weighted by molar-refractivity contribution is 14.0. The summed E-state index contributed by atoms with van der Waals surface area (Å²) in [5, 5.41) is 6.35. The van der Waals surface area contributed by atoms with Crippen LogP contribution in [0, 0.1) is 0 Å². The number of aliphatic imine (C=N–C) groups is 1. The zero-order valence-corrected chi connectivity index (χ0v) is 19.8. The molecule has 1 aromatic carbocycles. The van der Waals surface area contributed by atoms with E-state index in [2.05, 4.69) is 48.5 Å². The van der Waals surface area contributed by atoms with Crippen LogP contribution in [0.5, 0.6) is 5.75 Å². The number of rotatable bonds is 6. The van der Waals surface area contributed by atoms with Gasteiger partial charge in [0.1, 0.15) is 12.4 Å². The molecule has 8 heteroatoms. The van der Waals surface area contributed by atoms with Gasteiger partial charge in [0.2, 0.25) is 0 Å². The van der Waals surface area contributed by atoms with E-state index in [1.165, 1.54) is 5.56 Å². The van der Waals surface area contributed by atoms with Crippen molar-refractivity contribution < 1.29 is 13.2 Å². The molecule has 0 saturated carbocycles. The van der Waals surface area contributed by atoms with E-state index in [0.29, 0.717) is 25.5 Å². The lowest BCUT2D eigenvalue weighted by molar-refractivity contribution is 0.328. The van der Waals surface area contributed by atoms with Gasteiger partial charge in [0.25, 0.3) is 0 Å². The third kappa shape index (κ3) is 8.25. The summed E-state index contributed by atoms with van der Waals surface area (Å²) in [5.41, 5.74) is 1.40. The lowest BCUT2D eigenvalue weighted by Crippen LogP contribution is -2.44. The van der Waals surface area contributed by atoms with Crippen LogP contribution in [-0.4, -0.2) is 51.6 Å². The van der Waals surface area contributed by atoms with Gasteiger partial charge in [0, 0.05) is 12.6 Å². The van der Waals surface area contributed by atoms with Gasteiger partial charge in [-0.3, -0.25) is 0 Å². The Morgan fingerprint density at radius 2 is 1.93 bits per heavy atom. The van der Waals surface area contributed by atoms with E-state index in [1.54, 1.807) is 0 Å². The quantitative estimate of drug-likeness (QED) is 0.267. The van der Waals surface area contributed by atoms with E-state index < -0.39 is 9.84 Å². The number of benzene rings is 1. The molecule has 1 unspecified atom stereocenters. The van der Waals surface area contributed by atoms with Crippen LogP contribution in [0.25, 0.3) is 0 Å². The largest absolute Gasteiger partial charge is 0.492 e. The van der Waals surface area contributed by atoms with Crippen molar-refractivity contribution >= 4 is 39.8 Å². The Morgan fingerprint density at radius 1 is 1.26 bits per heavy atom. The zero-order valence-electron chi connectivity index (χ0n) is 16.6. The first-order chi connectivity index (χ1) is 12.2. The Hall–Kier alpha value is -1.03.